The fourth-order valence-corrected chi connectivity index (χ4v) is 3.19. The Kier molecular flexibility index (Phi) is 3.95. The van der Waals surface area contributed by atoms with Gasteiger partial charge in [0.2, 0.25) is 0 Å². The van der Waals surface area contributed by atoms with Gasteiger partial charge in [0.05, 0.1) is 4.92 Å². The van der Waals surface area contributed by atoms with Gasteiger partial charge in [-0.1, -0.05) is 6.07 Å². The number of anilines is 2. The molecule has 0 bridgehead atoms. The second-order valence-electron chi connectivity index (χ2n) is 6.53. The van der Waals surface area contributed by atoms with Gasteiger partial charge in [-0.15, -0.1) is 0 Å². The highest BCUT2D eigenvalue weighted by Gasteiger charge is 2.23. The summed E-state index contributed by atoms with van der Waals surface area (Å²) in [4.78, 5) is 23.6. The molecule has 0 atom stereocenters. The van der Waals surface area contributed by atoms with E-state index in [0.29, 0.717) is 11.6 Å². The molecule has 0 N–H and O–H groups in total. The van der Waals surface area contributed by atoms with E-state index in [9.17, 15) is 10.1 Å². The number of pyridine rings is 1. The van der Waals surface area contributed by atoms with Crippen molar-refractivity contribution in [3.05, 3.63) is 51.7 Å². The van der Waals surface area contributed by atoms with Crippen LogP contribution in [-0.4, -0.2) is 41.1 Å². The quantitative estimate of drug-likeness (QED) is 0.528. The van der Waals surface area contributed by atoms with Gasteiger partial charge in [-0.25, -0.2) is 4.98 Å². The summed E-state index contributed by atoms with van der Waals surface area (Å²) in [6.45, 7) is 6.78. The summed E-state index contributed by atoms with van der Waals surface area (Å²) in [5.41, 5.74) is 3.49. The van der Waals surface area contributed by atoms with E-state index in [-0.39, 0.29) is 5.69 Å². The second kappa shape index (κ2) is 6.29. The van der Waals surface area contributed by atoms with E-state index in [1.165, 1.54) is 6.20 Å². The molecule has 1 aliphatic rings. The molecule has 134 valence electrons. The van der Waals surface area contributed by atoms with Gasteiger partial charge in [0.25, 0.3) is 11.7 Å². The standard InChI is InChI=1S/C18H19N5O3/c1-12-3-4-16-14(9-12)20-18(26-16)22-7-5-21(6-8-22)17-10-13(2)15(11-19-17)23(24)25/h3-4,9-11H,5-8H2,1-2H3. The first-order chi connectivity index (χ1) is 12.5. The monoisotopic (exact) mass is 353 g/mol. The lowest BCUT2D eigenvalue weighted by atomic mass is 10.2. The van der Waals surface area contributed by atoms with Crippen molar-refractivity contribution in [2.45, 2.75) is 13.8 Å². The van der Waals surface area contributed by atoms with Crippen LogP contribution in [0.25, 0.3) is 11.1 Å². The van der Waals surface area contributed by atoms with Crippen LogP contribution >= 0.6 is 0 Å². The molecule has 3 heterocycles. The Hall–Kier alpha value is -3.16. The highest BCUT2D eigenvalue weighted by atomic mass is 16.6. The van der Waals surface area contributed by atoms with Gasteiger partial charge in [0.1, 0.15) is 17.5 Å². The molecule has 0 saturated carbocycles. The van der Waals surface area contributed by atoms with Crippen molar-refractivity contribution >= 4 is 28.6 Å². The van der Waals surface area contributed by atoms with E-state index in [4.69, 9.17) is 4.42 Å². The molecular formula is C18H19N5O3. The number of hydrogen-bond acceptors (Lipinski definition) is 7. The third-order valence-electron chi connectivity index (χ3n) is 4.67. The van der Waals surface area contributed by atoms with Crippen molar-refractivity contribution < 1.29 is 9.34 Å². The van der Waals surface area contributed by atoms with Crippen LogP contribution in [0.3, 0.4) is 0 Å². The number of nitro groups is 1. The van der Waals surface area contributed by atoms with Crippen LogP contribution < -0.4 is 9.80 Å². The van der Waals surface area contributed by atoms with E-state index in [1.54, 1.807) is 13.0 Å². The number of piperazine rings is 1. The smallest absolute Gasteiger partial charge is 0.298 e. The Labute approximate surface area is 150 Å². The van der Waals surface area contributed by atoms with E-state index in [2.05, 4.69) is 19.8 Å². The Morgan fingerprint density at radius 3 is 2.54 bits per heavy atom. The number of nitrogens with zero attached hydrogens (tertiary/aromatic N) is 5. The van der Waals surface area contributed by atoms with Crippen LogP contribution in [-0.2, 0) is 0 Å². The van der Waals surface area contributed by atoms with E-state index in [1.807, 2.05) is 25.1 Å². The molecule has 26 heavy (non-hydrogen) atoms. The number of aryl methyl sites for hydroxylation is 2. The van der Waals surface area contributed by atoms with Crippen LogP contribution in [0, 0.1) is 24.0 Å². The van der Waals surface area contributed by atoms with E-state index >= 15 is 0 Å². The van der Waals surface area contributed by atoms with Crippen molar-refractivity contribution in [2.24, 2.45) is 0 Å². The van der Waals surface area contributed by atoms with Crippen LogP contribution in [0.5, 0.6) is 0 Å². The highest BCUT2D eigenvalue weighted by molar-refractivity contribution is 5.75. The fourth-order valence-electron chi connectivity index (χ4n) is 3.19. The Bertz CT molecular complexity index is 976. The summed E-state index contributed by atoms with van der Waals surface area (Å²) in [6, 6.07) is 8.38. The summed E-state index contributed by atoms with van der Waals surface area (Å²) < 4.78 is 5.87. The first kappa shape index (κ1) is 16.3. The first-order valence-corrected chi connectivity index (χ1v) is 8.49. The summed E-state index contributed by atoms with van der Waals surface area (Å²) in [7, 11) is 0. The fraction of sp³-hybridized carbons (Fsp3) is 0.333. The SMILES string of the molecule is Cc1ccc2oc(N3CCN(c4cc(C)c([N+](=O)[O-])cn4)CC3)nc2c1. The van der Waals surface area contributed by atoms with Gasteiger partial charge in [-0.3, -0.25) is 10.1 Å². The molecule has 1 fully saturated rings. The Morgan fingerprint density at radius 2 is 1.85 bits per heavy atom. The Balaban J connectivity index is 1.48. The number of aromatic nitrogens is 2. The van der Waals surface area contributed by atoms with Crippen molar-refractivity contribution in [3.63, 3.8) is 0 Å². The van der Waals surface area contributed by atoms with Gasteiger partial charge in [-0.2, -0.15) is 4.98 Å². The lowest BCUT2D eigenvalue weighted by Crippen LogP contribution is -2.47. The van der Waals surface area contributed by atoms with Crippen molar-refractivity contribution in [3.8, 4) is 0 Å². The van der Waals surface area contributed by atoms with Crippen LogP contribution in [0.4, 0.5) is 17.5 Å². The molecule has 0 spiro atoms. The third kappa shape index (κ3) is 2.94. The van der Waals surface area contributed by atoms with Gasteiger partial charge >= 0.3 is 0 Å². The predicted molar refractivity (Wildman–Crippen MR) is 98.8 cm³/mol. The summed E-state index contributed by atoms with van der Waals surface area (Å²) in [5.74, 6) is 0.765. The summed E-state index contributed by atoms with van der Waals surface area (Å²) in [6.07, 6.45) is 1.33. The zero-order valence-electron chi connectivity index (χ0n) is 14.7. The third-order valence-corrected chi connectivity index (χ3v) is 4.67. The molecular weight excluding hydrogens is 334 g/mol. The van der Waals surface area contributed by atoms with Crippen molar-refractivity contribution in [1.82, 2.24) is 9.97 Å². The number of hydrogen-bond donors (Lipinski definition) is 0. The maximum absolute atomic E-state index is 10.9. The van der Waals surface area contributed by atoms with Crippen molar-refractivity contribution in [2.75, 3.05) is 36.0 Å². The van der Waals surface area contributed by atoms with Gasteiger partial charge in [0.15, 0.2) is 5.58 Å². The lowest BCUT2D eigenvalue weighted by Gasteiger charge is -2.34. The van der Waals surface area contributed by atoms with Gasteiger partial charge in [0, 0.05) is 31.7 Å². The van der Waals surface area contributed by atoms with Gasteiger partial charge < -0.3 is 14.2 Å². The lowest BCUT2D eigenvalue weighted by molar-refractivity contribution is -0.385. The molecule has 0 aliphatic carbocycles. The van der Waals surface area contributed by atoms with Crippen LogP contribution in [0.15, 0.2) is 34.9 Å². The molecule has 2 aromatic heterocycles. The topological polar surface area (TPSA) is 88.5 Å². The molecule has 1 aliphatic heterocycles. The van der Waals surface area contributed by atoms with Crippen LogP contribution in [0.2, 0.25) is 0 Å². The summed E-state index contributed by atoms with van der Waals surface area (Å²) in [5, 5.41) is 10.9. The van der Waals surface area contributed by atoms with E-state index < -0.39 is 4.92 Å². The molecule has 8 heteroatoms. The minimum absolute atomic E-state index is 0.0501. The van der Waals surface area contributed by atoms with Crippen molar-refractivity contribution in [1.29, 1.82) is 0 Å². The number of fused-ring (bicyclic) bond motifs is 1. The molecule has 4 rings (SSSR count). The van der Waals surface area contributed by atoms with Gasteiger partial charge in [-0.05, 0) is 37.6 Å². The summed E-state index contributed by atoms with van der Waals surface area (Å²) >= 11 is 0. The average Bonchev–Trinajstić information content (AvgIpc) is 3.04. The molecule has 0 radical (unpaired) electrons. The molecule has 1 saturated heterocycles. The molecule has 1 aromatic carbocycles. The zero-order valence-corrected chi connectivity index (χ0v) is 14.7. The average molecular weight is 353 g/mol. The largest absolute Gasteiger partial charge is 0.423 e. The zero-order chi connectivity index (χ0) is 18.3. The maximum Gasteiger partial charge on any atom is 0.298 e. The number of benzene rings is 1. The van der Waals surface area contributed by atoms with Crippen LogP contribution in [0.1, 0.15) is 11.1 Å². The molecule has 0 amide bonds. The minimum atomic E-state index is -0.404. The number of oxazole rings is 1. The highest BCUT2D eigenvalue weighted by Crippen LogP contribution is 2.26. The first-order valence-electron chi connectivity index (χ1n) is 8.49. The normalized spacial score (nSPS) is 14.8. The second-order valence-corrected chi connectivity index (χ2v) is 6.53. The minimum Gasteiger partial charge on any atom is -0.423 e. The number of rotatable bonds is 3. The molecule has 3 aromatic rings. The maximum atomic E-state index is 10.9. The molecule has 0 unspecified atom stereocenters. The molecule has 8 nitrogen and oxygen atoms in total. The van der Waals surface area contributed by atoms with E-state index in [0.717, 1.165) is 48.7 Å². The predicted octanol–water partition coefficient (Wildman–Crippen LogP) is 3.07. The Morgan fingerprint density at radius 1 is 1.12 bits per heavy atom.